The van der Waals surface area contributed by atoms with Gasteiger partial charge in [-0.05, 0) is 105 Å². The average Bonchev–Trinajstić information content (AvgIpc) is 3.54. The van der Waals surface area contributed by atoms with Gasteiger partial charge in [0.2, 0.25) is 5.89 Å². The zero-order valence-electron chi connectivity index (χ0n) is 25.1. The number of fused-ring (bicyclic) bond motifs is 8. The molecule has 7 nitrogen and oxygen atoms in total. The lowest BCUT2D eigenvalue weighted by Crippen LogP contribution is -2.66. The molecule has 0 radical (unpaired) electrons. The summed E-state index contributed by atoms with van der Waals surface area (Å²) in [7, 11) is 0. The maximum Gasteiger partial charge on any atom is 0.233 e. The van der Waals surface area contributed by atoms with Crippen molar-refractivity contribution >= 4 is 12.1 Å². The number of nitrogens with zero attached hydrogens (tertiary/aromatic N) is 3. The Balaban J connectivity index is 1.39. The Morgan fingerprint density at radius 1 is 1.00 bits per heavy atom. The summed E-state index contributed by atoms with van der Waals surface area (Å²) in [4.78, 5) is 32.2. The summed E-state index contributed by atoms with van der Waals surface area (Å²) < 4.78 is 11.6. The first-order valence-corrected chi connectivity index (χ1v) is 15.2. The van der Waals surface area contributed by atoms with Gasteiger partial charge in [-0.3, -0.25) is 4.79 Å². The molecule has 8 atom stereocenters. The smallest absolute Gasteiger partial charge is 0.233 e. The fourth-order valence-corrected chi connectivity index (χ4v) is 11.0. The van der Waals surface area contributed by atoms with Crippen molar-refractivity contribution in [3.05, 3.63) is 40.9 Å². The van der Waals surface area contributed by atoms with Crippen molar-refractivity contribution in [3.8, 4) is 0 Å². The molecule has 0 aromatic carbocycles. The van der Waals surface area contributed by atoms with Gasteiger partial charge in [0.05, 0.1) is 17.0 Å². The van der Waals surface area contributed by atoms with E-state index in [0.717, 1.165) is 69.1 Å². The van der Waals surface area contributed by atoms with Crippen LogP contribution in [0.3, 0.4) is 0 Å². The first kappa shape index (κ1) is 26.3. The van der Waals surface area contributed by atoms with Gasteiger partial charge < -0.3 is 13.8 Å². The number of allylic oxidation sites excluding steroid dienone is 2. The zero-order valence-corrected chi connectivity index (χ0v) is 25.1. The molecule has 0 bridgehead atoms. The van der Waals surface area contributed by atoms with Crippen LogP contribution in [0.1, 0.15) is 110 Å². The van der Waals surface area contributed by atoms with Crippen LogP contribution in [0.4, 0.5) is 0 Å². The third-order valence-electron chi connectivity index (χ3n) is 13.3. The summed E-state index contributed by atoms with van der Waals surface area (Å²) in [6.45, 7) is 15.7. The van der Waals surface area contributed by atoms with E-state index in [9.17, 15) is 9.59 Å². The van der Waals surface area contributed by atoms with Crippen LogP contribution in [0.15, 0.2) is 26.9 Å². The maximum atomic E-state index is 14.7. The Hall–Kier alpha value is -2.57. The summed E-state index contributed by atoms with van der Waals surface area (Å²) in [6, 6.07) is 0. The highest BCUT2D eigenvalue weighted by atomic mass is 16.5. The topological polar surface area (TPSA) is 99.1 Å². The quantitative estimate of drug-likeness (QED) is 0.398. The second-order valence-electron chi connectivity index (χ2n) is 15.7. The first-order chi connectivity index (χ1) is 18.7. The lowest BCUT2D eigenvalue weighted by Gasteiger charge is -2.69. The summed E-state index contributed by atoms with van der Waals surface area (Å²) in [5.74, 6) is 2.48. The molecule has 2 aromatic rings. The van der Waals surface area contributed by atoms with Crippen LogP contribution in [-0.4, -0.2) is 27.4 Å². The van der Waals surface area contributed by atoms with Crippen molar-refractivity contribution < 1.29 is 18.6 Å². The zero-order chi connectivity index (χ0) is 28.5. The van der Waals surface area contributed by atoms with E-state index in [-0.39, 0.29) is 50.6 Å². The number of carbonyl (C=O) groups excluding carboxylic acids is 2. The lowest BCUT2D eigenvalue weighted by atomic mass is 9.34. The van der Waals surface area contributed by atoms with Gasteiger partial charge in [-0.15, -0.1) is 0 Å². The highest BCUT2D eigenvalue weighted by Gasteiger charge is 2.71. The van der Waals surface area contributed by atoms with Crippen molar-refractivity contribution in [2.75, 3.05) is 0 Å². The molecule has 2 heterocycles. The molecule has 0 spiro atoms. The SMILES string of the molecule is Cc1noc([C@]23CCC(C)(C)C[C@H]2[C@H]2C(=O)C=C4[C@@]5(C)Cc6cnoc6[C@@](C)(C=O)[C@@H]5CC[C@@]4(C)[C@]2(C)CC3)n1. The second kappa shape index (κ2) is 7.83. The molecule has 2 aromatic heterocycles. The average molecular weight is 546 g/mol. The van der Waals surface area contributed by atoms with Gasteiger partial charge in [0.1, 0.15) is 6.29 Å². The number of aromatic nitrogens is 3. The van der Waals surface area contributed by atoms with E-state index in [1.165, 1.54) is 5.57 Å². The third kappa shape index (κ3) is 2.99. The summed E-state index contributed by atoms with van der Waals surface area (Å²) in [5.41, 5.74) is 0.701. The largest absolute Gasteiger partial charge is 0.360 e. The van der Waals surface area contributed by atoms with Crippen LogP contribution < -0.4 is 0 Å². The number of rotatable bonds is 2. The number of hydrogen-bond donors (Lipinski definition) is 0. The molecule has 3 fully saturated rings. The van der Waals surface area contributed by atoms with Crippen LogP contribution >= 0.6 is 0 Å². The van der Waals surface area contributed by atoms with E-state index in [0.29, 0.717) is 11.6 Å². The molecule has 0 unspecified atom stereocenters. The molecule has 7 heteroatoms. The van der Waals surface area contributed by atoms with Crippen molar-refractivity contribution in [2.24, 2.45) is 39.4 Å². The molecule has 0 saturated heterocycles. The molecule has 0 aliphatic heterocycles. The monoisotopic (exact) mass is 545 g/mol. The molecule has 214 valence electrons. The van der Waals surface area contributed by atoms with Crippen molar-refractivity contribution in [1.82, 2.24) is 15.3 Å². The minimum atomic E-state index is -0.757. The first-order valence-electron chi connectivity index (χ1n) is 15.2. The molecular weight excluding hydrogens is 502 g/mol. The van der Waals surface area contributed by atoms with Gasteiger partial charge in [0.25, 0.3) is 0 Å². The van der Waals surface area contributed by atoms with Crippen LogP contribution in [0.5, 0.6) is 0 Å². The number of aryl methyl sites for hydroxylation is 1. The molecule has 5 aliphatic carbocycles. The molecule has 5 aliphatic rings. The predicted octanol–water partition coefficient (Wildman–Crippen LogP) is 6.49. The standard InChI is InChI=1S/C33H43N3O4/c1-19-35-27(40-36-19)33-12-10-28(2,3)16-21(33)25-22(38)14-24-29(4)15-20-17-34-39-26(20)30(5,18-37)23(29)8-9-31(24,6)32(25,7)11-13-33/h14,17-18,21,23,25H,8-13,15-16H2,1-7H3/t21-,23+,25-,29-,30-,31+,32+,33-/m0/s1. The Morgan fingerprint density at radius 3 is 2.45 bits per heavy atom. The normalized spacial score (nSPS) is 45.3. The maximum absolute atomic E-state index is 14.7. The van der Waals surface area contributed by atoms with Gasteiger partial charge in [-0.1, -0.05) is 50.5 Å². The third-order valence-corrected chi connectivity index (χ3v) is 13.3. The van der Waals surface area contributed by atoms with E-state index < -0.39 is 5.41 Å². The second-order valence-corrected chi connectivity index (χ2v) is 15.7. The van der Waals surface area contributed by atoms with E-state index in [4.69, 9.17) is 14.0 Å². The van der Waals surface area contributed by atoms with Gasteiger partial charge in [-0.25, -0.2) is 0 Å². The van der Waals surface area contributed by atoms with E-state index in [1.807, 2.05) is 19.9 Å². The Bertz CT molecular complexity index is 1450. The Labute approximate surface area is 236 Å². The highest BCUT2D eigenvalue weighted by Crippen LogP contribution is 2.74. The molecule has 40 heavy (non-hydrogen) atoms. The number of carbonyl (C=O) groups is 2. The number of aldehydes is 1. The van der Waals surface area contributed by atoms with Crippen LogP contribution in [0.25, 0.3) is 0 Å². The number of hydrogen-bond acceptors (Lipinski definition) is 7. The van der Waals surface area contributed by atoms with Gasteiger partial charge in [0.15, 0.2) is 17.4 Å². The lowest BCUT2D eigenvalue weighted by molar-refractivity contribution is -0.162. The van der Waals surface area contributed by atoms with E-state index >= 15 is 0 Å². The highest BCUT2D eigenvalue weighted by molar-refractivity contribution is 5.95. The predicted molar refractivity (Wildman–Crippen MR) is 148 cm³/mol. The van der Waals surface area contributed by atoms with E-state index in [2.05, 4.69) is 44.9 Å². The van der Waals surface area contributed by atoms with Crippen molar-refractivity contribution in [1.29, 1.82) is 0 Å². The van der Waals surface area contributed by atoms with Crippen LogP contribution in [-0.2, 0) is 26.8 Å². The van der Waals surface area contributed by atoms with Gasteiger partial charge in [-0.2, -0.15) is 4.98 Å². The minimum absolute atomic E-state index is 0.0582. The fourth-order valence-electron chi connectivity index (χ4n) is 11.0. The molecule has 3 saturated carbocycles. The molecular formula is C33H43N3O4. The number of ketones is 1. The van der Waals surface area contributed by atoms with Crippen molar-refractivity contribution in [3.63, 3.8) is 0 Å². The molecule has 0 amide bonds. The summed E-state index contributed by atoms with van der Waals surface area (Å²) in [5, 5.41) is 8.31. The van der Waals surface area contributed by atoms with Crippen molar-refractivity contribution in [2.45, 2.75) is 111 Å². The van der Waals surface area contributed by atoms with E-state index in [1.54, 1.807) is 6.20 Å². The van der Waals surface area contributed by atoms with Gasteiger partial charge in [0, 0.05) is 11.5 Å². The summed E-state index contributed by atoms with van der Waals surface area (Å²) >= 11 is 0. The Morgan fingerprint density at radius 2 is 1.75 bits per heavy atom. The molecule has 0 N–H and O–H groups in total. The minimum Gasteiger partial charge on any atom is -0.360 e. The van der Waals surface area contributed by atoms with Gasteiger partial charge >= 0.3 is 0 Å². The van der Waals surface area contributed by atoms with Crippen LogP contribution in [0.2, 0.25) is 0 Å². The van der Waals surface area contributed by atoms with Crippen LogP contribution in [0, 0.1) is 46.3 Å². The molecule has 7 rings (SSSR count). The summed E-state index contributed by atoms with van der Waals surface area (Å²) in [6.07, 6.45) is 12.5. The Kier molecular flexibility index (Phi) is 5.15. The fraction of sp³-hybridized carbons (Fsp3) is 0.727.